The van der Waals surface area contributed by atoms with E-state index in [4.69, 9.17) is 10.00 Å². The molecule has 2 heteroatoms. The van der Waals surface area contributed by atoms with Gasteiger partial charge in [-0.1, -0.05) is 6.92 Å². The molecule has 0 unspecified atom stereocenters. The van der Waals surface area contributed by atoms with E-state index in [1.165, 1.54) is 25.7 Å². The summed E-state index contributed by atoms with van der Waals surface area (Å²) < 4.78 is 5.68. The molecule has 0 atom stereocenters. The van der Waals surface area contributed by atoms with Crippen molar-refractivity contribution in [2.75, 3.05) is 6.61 Å². The molecule has 0 heterocycles. The summed E-state index contributed by atoms with van der Waals surface area (Å²) in [5, 5.41) is 8.33. The molecule has 1 aliphatic carbocycles. The van der Waals surface area contributed by atoms with Crippen LogP contribution in [0.5, 0.6) is 0 Å². The van der Waals surface area contributed by atoms with E-state index in [1.807, 2.05) is 0 Å². The smallest absolute Gasteiger partial charge is 0.0622 e. The van der Waals surface area contributed by atoms with Crippen LogP contribution in [-0.4, -0.2) is 12.7 Å². The Bertz CT molecular complexity index is 165. The summed E-state index contributed by atoms with van der Waals surface area (Å²) in [6, 6.07) is 2.13. The molecule has 1 rings (SSSR count). The number of nitriles is 1. The maximum atomic E-state index is 8.33. The molecule has 1 aliphatic rings. The number of hydrogen-bond donors (Lipinski definition) is 0. The molecule has 0 aromatic heterocycles. The van der Waals surface area contributed by atoms with Crippen LogP contribution in [0, 0.1) is 17.2 Å². The lowest BCUT2D eigenvalue weighted by Gasteiger charge is -2.26. The first-order chi connectivity index (χ1) is 6.33. The fraction of sp³-hybridized carbons (Fsp3) is 0.909. The lowest BCUT2D eigenvalue weighted by Crippen LogP contribution is -2.20. The maximum absolute atomic E-state index is 8.33. The Kier molecular flexibility index (Phi) is 4.85. The minimum Gasteiger partial charge on any atom is -0.378 e. The molecule has 0 aromatic rings. The zero-order valence-electron chi connectivity index (χ0n) is 8.46. The molecule has 0 radical (unpaired) electrons. The quantitative estimate of drug-likeness (QED) is 0.625. The van der Waals surface area contributed by atoms with E-state index in [0.29, 0.717) is 12.5 Å². The van der Waals surface area contributed by atoms with Gasteiger partial charge in [0.25, 0.3) is 0 Å². The summed E-state index contributed by atoms with van der Waals surface area (Å²) in [7, 11) is 0. The van der Waals surface area contributed by atoms with Crippen LogP contribution < -0.4 is 0 Å². The first-order valence-electron chi connectivity index (χ1n) is 5.31. The molecule has 1 saturated carbocycles. The van der Waals surface area contributed by atoms with Crippen molar-refractivity contribution in [3.8, 4) is 6.07 Å². The van der Waals surface area contributed by atoms with Gasteiger partial charge in [-0.3, -0.25) is 0 Å². The molecule has 13 heavy (non-hydrogen) atoms. The van der Waals surface area contributed by atoms with Crippen LogP contribution in [0.1, 0.15) is 45.4 Å². The summed E-state index contributed by atoms with van der Waals surface area (Å²) in [6.07, 6.45) is 7.05. The SMILES string of the molecule is CC1CCC(OCCCC#N)CC1. The van der Waals surface area contributed by atoms with E-state index in [1.54, 1.807) is 0 Å². The van der Waals surface area contributed by atoms with Gasteiger partial charge in [-0.05, 0) is 38.0 Å². The van der Waals surface area contributed by atoms with E-state index in [0.717, 1.165) is 18.9 Å². The Labute approximate surface area is 80.9 Å². The van der Waals surface area contributed by atoms with Gasteiger partial charge >= 0.3 is 0 Å². The largest absolute Gasteiger partial charge is 0.378 e. The summed E-state index contributed by atoms with van der Waals surface area (Å²) in [6.45, 7) is 3.08. The molecule has 0 amide bonds. The van der Waals surface area contributed by atoms with Crippen LogP contribution in [0.4, 0.5) is 0 Å². The average Bonchev–Trinajstić information content (AvgIpc) is 2.15. The van der Waals surface area contributed by atoms with Gasteiger partial charge in [0.2, 0.25) is 0 Å². The predicted octanol–water partition coefficient (Wildman–Crippen LogP) is 2.89. The van der Waals surface area contributed by atoms with Crippen LogP contribution >= 0.6 is 0 Å². The lowest BCUT2D eigenvalue weighted by atomic mass is 9.89. The van der Waals surface area contributed by atoms with Crippen molar-refractivity contribution >= 4 is 0 Å². The van der Waals surface area contributed by atoms with E-state index < -0.39 is 0 Å². The molecule has 1 fully saturated rings. The van der Waals surface area contributed by atoms with Gasteiger partial charge in [0.15, 0.2) is 0 Å². The Morgan fingerprint density at radius 1 is 1.31 bits per heavy atom. The third-order valence-electron chi connectivity index (χ3n) is 2.75. The minimum atomic E-state index is 0.481. The van der Waals surface area contributed by atoms with Gasteiger partial charge in [-0.15, -0.1) is 0 Å². The topological polar surface area (TPSA) is 33.0 Å². The molecule has 0 saturated heterocycles. The Morgan fingerprint density at radius 2 is 2.00 bits per heavy atom. The van der Waals surface area contributed by atoms with E-state index in [9.17, 15) is 0 Å². The minimum absolute atomic E-state index is 0.481. The summed E-state index contributed by atoms with van der Waals surface area (Å²) in [4.78, 5) is 0. The number of nitrogens with zero attached hydrogens (tertiary/aromatic N) is 1. The molecule has 0 N–H and O–H groups in total. The Hall–Kier alpha value is -0.550. The van der Waals surface area contributed by atoms with Crippen molar-refractivity contribution in [3.63, 3.8) is 0 Å². The predicted molar refractivity (Wildman–Crippen MR) is 52.2 cm³/mol. The van der Waals surface area contributed by atoms with Gasteiger partial charge in [0.05, 0.1) is 12.2 Å². The van der Waals surface area contributed by atoms with Crippen LogP contribution in [0.15, 0.2) is 0 Å². The molecule has 0 spiro atoms. The molecule has 0 aromatic carbocycles. The van der Waals surface area contributed by atoms with Crippen LogP contribution in [0.25, 0.3) is 0 Å². The summed E-state index contributed by atoms with van der Waals surface area (Å²) in [5.74, 6) is 0.888. The monoisotopic (exact) mass is 181 g/mol. The second kappa shape index (κ2) is 5.99. The van der Waals surface area contributed by atoms with Gasteiger partial charge in [0, 0.05) is 13.0 Å². The highest BCUT2D eigenvalue weighted by Gasteiger charge is 2.17. The number of unbranched alkanes of at least 4 members (excludes halogenated alkanes) is 1. The molecular weight excluding hydrogens is 162 g/mol. The van der Waals surface area contributed by atoms with Crippen molar-refractivity contribution in [1.82, 2.24) is 0 Å². The van der Waals surface area contributed by atoms with Crippen LogP contribution in [-0.2, 0) is 4.74 Å². The average molecular weight is 181 g/mol. The molecular formula is C11H19NO. The highest BCUT2D eigenvalue weighted by atomic mass is 16.5. The van der Waals surface area contributed by atoms with Gasteiger partial charge < -0.3 is 4.74 Å². The van der Waals surface area contributed by atoms with E-state index in [-0.39, 0.29) is 0 Å². The van der Waals surface area contributed by atoms with Crippen molar-refractivity contribution in [1.29, 1.82) is 5.26 Å². The number of rotatable bonds is 4. The fourth-order valence-corrected chi connectivity index (χ4v) is 1.80. The zero-order chi connectivity index (χ0) is 9.52. The molecule has 0 aliphatic heterocycles. The number of ether oxygens (including phenoxy) is 1. The molecule has 2 nitrogen and oxygen atoms in total. The van der Waals surface area contributed by atoms with Crippen molar-refractivity contribution < 1.29 is 4.74 Å². The third kappa shape index (κ3) is 4.28. The lowest BCUT2D eigenvalue weighted by molar-refractivity contribution is 0.0191. The van der Waals surface area contributed by atoms with Crippen molar-refractivity contribution in [2.45, 2.75) is 51.6 Å². The molecule has 0 bridgehead atoms. The second-order valence-electron chi connectivity index (χ2n) is 4.01. The van der Waals surface area contributed by atoms with E-state index in [2.05, 4.69) is 13.0 Å². The first-order valence-corrected chi connectivity index (χ1v) is 5.31. The highest BCUT2D eigenvalue weighted by Crippen LogP contribution is 2.25. The second-order valence-corrected chi connectivity index (χ2v) is 4.01. The standard InChI is InChI=1S/C11H19NO/c1-10-4-6-11(7-5-10)13-9-3-2-8-12/h10-11H,2-7,9H2,1H3. The van der Waals surface area contributed by atoms with Crippen LogP contribution in [0.2, 0.25) is 0 Å². The number of hydrogen-bond acceptors (Lipinski definition) is 2. The summed E-state index contributed by atoms with van der Waals surface area (Å²) in [5.41, 5.74) is 0. The normalized spacial score (nSPS) is 28.3. The van der Waals surface area contributed by atoms with Crippen molar-refractivity contribution in [3.05, 3.63) is 0 Å². The van der Waals surface area contributed by atoms with Crippen LogP contribution in [0.3, 0.4) is 0 Å². The van der Waals surface area contributed by atoms with Gasteiger partial charge in [-0.2, -0.15) is 5.26 Å². The zero-order valence-corrected chi connectivity index (χ0v) is 8.46. The van der Waals surface area contributed by atoms with Gasteiger partial charge in [0.1, 0.15) is 0 Å². The third-order valence-corrected chi connectivity index (χ3v) is 2.75. The van der Waals surface area contributed by atoms with Gasteiger partial charge in [-0.25, -0.2) is 0 Å². The maximum Gasteiger partial charge on any atom is 0.0622 e. The fourth-order valence-electron chi connectivity index (χ4n) is 1.80. The van der Waals surface area contributed by atoms with E-state index >= 15 is 0 Å². The van der Waals surface area contributed by atoms with Crippen molar-refractivity contribution in [2.24, 2.45) is 5.92 Å². The summed E-state index contributed by atoms with van der Waals surface area (Å²) >= 11 is 0. The Morgan fingerprint density at radius 3 is 2.62 bits per heavy atom. The Balaban J connectivity index is 2.00. The highest BCUT2D eigenvalue weighted by molar-refractivity contribution is 4.71. The first kappa shape index (κ1) is 10.5. The molecule has 74 valence electrons.